The first kappa shape index (κ1) is 21.5. The monoisotopic (exact) mass is 478 g/mol. The Kier molecular flexibility index (Phi) is 7.10. The Balaban J connectivity index is 1.59. The van der Waals surface area contributed by atoms with E-state index in [1.165, 1.54) is 10.4 Å². The topological polar surface area (TPSA) is 75.7 Å². The highest BCUT2D eigenvalue weighted by Crippen LogP contribution is 2.24. The molecule has 2 aromatic carbocycles. The Morgan fingerprint density at radius 3 is 2.52 bits per heavy atom. The number of amides is 1. The van der Waals surface area contributed by atoms with E-state index < -0.39 is 10.0 Å². The molecule has 0 bridgehead atoms. The van der Waals surface area contributed by atoms with Crippen LogP contribution in [0.1, 0.15) is 24.0 Å². The van der Waals surface area contributed by atoms with Gasteiger partial charge in [-0.1, -0.05) is 28.1 Å². The van der Waals surface area contributed by atoms with E-state index in [0.29, 0.717) is 25.4 Å². The number of benzene rings is 2. The molecule has 8 heteroatoms. The van der Waals surface area contributed by atoms with Crippen molar-refractivity contribution in [3.05, 3.63) is 64.1 Å². The van der Waals surface area contributed by atoms with Gasteiger partial charge in [0.1, 0.15) is 5.75 Å². The molecule has 0 atom stereocenters. The predicted octanol–water partition coefficient (Wildman–Crippen LogP) is 3.57. The van der Waals surface area contributed by atoms with E-state index in [2.05, 4.69) is 21.2 Å². The van der Waals surface area contributed by atoms with E-state index in [0.717, 1.165) is 28.4 Å². The lowest BCUT2D eigenvalue weighted by Gasteiger charge is -2.15. The maximum Gasteiger partial charge on any atom is 0.244 e. The molecule has 1 N–H and O–H groups in total. The van der Waals surface area contributed by atoms with Gasteiger partial charge in [-0.25, -0.2) is 8.42 Å². The van der Waals surface area contributed by atoms with Crippen molar-refractivity contribution in [2.45, 2.75) is 24.3 Å². The molecule has 1 saturated heterocycles. The van der Waals surface area contributed by atoms with Gasteiger partial charge in [-0.05, 0) is 54.8 Å². The second kappa shape index (κ2) is 9.56. The van der Waals surface area contributed by atoms with E-state index in [4.69, 9.17) is 4.74 Å². The van der Waals surface area contributed by atoms with Gasteiger partial charge in [0.15, 0.2) is 0 Å². The SMILES string of the molecule is COc1ccc(Br)cc1/C=C/C(=O)NCc1ccc(S(=O)(=O)N2CCCC2)cc1. The Morgan fingerprint density at radius 1 is 1.17 bits per heavy atom. The fourth-order valence-electron chi connectivity index (χ4n) is 3.11. The lowest BCUT2D eigenvalue weighted by Crippen LogP contribution is -2.27. The number of carbonyl (C=O) groups excluding carboxylic acids is 1. The zero-order valence-corrected chi connectivity index (χ0v) is 18.5. The minimum atomic E-state index is -3.42. The summed E-state index contributed by atoms with van der Waals surface area (Å²) < 4.78 is 32.8. The highest BCUT2D eigenvalue weighted by molar-refractivity contribution is 9.10. The Morgan fingerprint density at radius 2 is 1.86 bits per heavy atom. The number of sulfonamides is 1. The first-order chi connectivity index (χ1) is 13.9. The Bertz CT molecular complexity index is 998. The third kappa shape index (κ3) is 5.46. The van der Waals surface area contributed by atoms with Crippen molar-refractivity contribution in [3.63, 3.8) is 0 Å². The fraction of sp³-hybridized carbons (Fsp3) is 0.286. The highest BCUT2D eigenvalue weighted by atomic mass is 79.9. The quantitative estimate of drug-likeness (QED) is 0.617. The molecule has 29 heavy (non-hydrogen) atoms. The summed E-state index contributed by atoms with van der Waals surface area (Å²) in [5.41, 5.74) is 1.61. The van der Waals surface area contributed by atoms with E-state index in [9.17, 15) is 13.2 Å². The van der Waals surface area contributed by atoms with Gasteiger partial charge in [-0.3, -0.25) is 4.79 Å². The van der Waals surface area contributed by atoms with Gasteiger partial charge < -0.3 is 10.1 Å². The van der Waals surface area contributed by atoms with Gasteiger partial charge in [0.2, 0.25) is 15.9 Å². The van der Waals surface area contributed by atoms with Gasteiger partial charge in [0.25, 0.3) is 0 Å². The smallest absolute Gasteiger partial charge is 0.244 e. The second-order valence-electron chi connectivity index (χ2n) is 6.69. The van der Waals surface area contributed by atoms with Crippen molar-refractivity contribution in [1.82, 2.24) is 9.62 Å². The number of nitrogens with one attached hydrogen (secondary N) is 1. The molecule has 0 saturated carbocycles. The van der Waals surface area contributed by atoms with Crippen LogP contribution in [0, 0.1) is 0 Å². The van der Waals surface area contributed by atoms with E-state index in [1.807, 2.05) is 18.2 Å². The van der Waals surface area contributed by atoms with Crippen LogP contribution in [0.5, 0.6) is 5.75 Å². The van der Waals surface area contributed by atoms with Gasteiger partial charge in [0, 0.05) is 35.7 Å². The minimum Gasteiger partial charge on any atom is -0.496 e. The number of rotatable bonds is 7. The molecule has 1 fully saturated rings. The minimum absolute atomic E-state index is 0.249. The van der Waals surface area contributed by atoms with E-state index in [1.54, 1.807) is 37.5 Å². The molecule has 0 aliphatic carbocycles. The Labute approximate surface area is 179 Å². The van der Waals surface area contributed by atoms with Gasteiger partial charge in [-0.2, -0.15) is 4.31 Å². The summed E-state index contributed by atoms with van der Waals surface area (Å²) in [5, 5.41) is 2.80. The molecule has 0 radical (unpaired) electrons. The third-order valence-corrected chi connectivity index (χ3v) is 7.11. The largest absolute Gasteiger partial charge is 0.496 e. The van der Waals surface area contributed by atoms with Crippen LogP contribution in [-0.4, -0.2) is 38.8 Å². The maximum absolute atomic E-state index is 12.5. The van der Waals surface area contributed by atoms with Crippen molar-refractivity contribution in [1.29, 1.82) is 0 Å². The normalized spacial score (nSPS) is 15.0. The summed E-state index contributed by atoms with van der Waals surface area (Å²) in [6.07, 6.45) is 4.94. The first-order valence-corrected chi connectivity index (χ1v) is 11.5. The summed E-state index contributed by atoms with van der Waals surface area (Å²) in [4.78, 5) is 12.4. The molecule has 1 heterocycles. The van der Waals surface area contributed by atoms with Crippen LogP contribution >= 0.6 is 15.9 Å². The number of hydrogen-bond acceptors (Lipinski definition) is 4. The van der Waals surface area contributed by atoms with E-state index in [-0.39, 0.29) is 10.8 Å². The number of hydrogen-bond donors (Lipinski definition) is 1. The highest BCUT2D eigenvalue weighted by Gasteiger charge is 2.26. The molecule has 3 rings (SSSR count). The van der Waals surface area contributed by atoms with Crippen LogP contribution < -0.4 is 10.1 Å². The number of nitrogens with zero attached hydrogens (tertiary/aromatic N) is 1. The first-order valence-electron chi connectivity index (χ1n) is 9.29. The number of methoxy groups -OCH3 is 1. The number of halogens is 1. The molecule has 154 valence electrons. The lowest BCUT2D eigenvalue weighted by molar-refractivity contribution is -0.116. The van der Waals surface area contributed by atoms with Gasteiger partial charge in [0.05, 0.1) is 12.0 Å². The Hall–Kier alpha value is -2.16. The van der Waals surface area contributed by atoms with Gasteiger partial charge >= 0.3 is 0 Å². The molecule has 6 nitrogen and oxygen atoms in total. The molecule has 1 aliphatic rings. The lowest BCUT2D eigenvalue weighted by atomic mass is 10.2. The second-order valence-corrected chi connectivity index (χ2v) is 9.55. The average Bonchev–Trinajstić information content (AvgIpc) is 3.27. The van der Waals surface area contributed by atoms with Crippen molar-refractivity contribution in [3.8, 4) is 5.75 Å². The number of ether oxygens (including phenoxy) is 1. The summed E-state index contributed by atoms with van der Waals surface area (Å²) in [6, 6.07) is 12.2. The molecule has 1 aliphatic heterocycles. The third-order valence-electron chi connectivity index (χ3n) is 4.70. The van der Waals surface area contributed by atoms with Crippen molar-refractivity contribution < 1.29 is 17.9 Å². The molecule has 0 unspecified atom stereocenters. The van der Waals surface area contributed by atoms with Crippen molar-refractivity contribution in [2.24, 2.45) is 0 Å². The summed E-state index contributed by atoms with van der Waals surface area (Å²) in [6.45, 7) is 1.47. The molecular weight excluding hydrogens is 456 g/mol. The zero-order chi connectivity index (χ0) is 20.9. The average molecular weight is 479 g/mol. The van der Waals surface area contributed by atoms with Crippen LogP contribution in [-0.2, 0) is 21.4 Å². The summed E-state index contributed by atoms with van der Waals surface area (Å²) in [5.74, 6) is 0.424. The molecule has 1 amide bonds. The molecule has 0 spiro atoms. The van der Waals surface area contributed by atoms with Crippen molar-refractivity contribution in [2.75, 3.05) is 20.2 Å². The standard InChI is InChI=1S/C21H23BrN2O4S/c1-28-20-10-7-18(22)14-17(20)6-11-21(25)23-15-16-4-8-19(9-5-16)29(26,27)24-12-2-3-13-24/h4-11,14H,2-3,12-13,15H2,1H3,(H,23,25)/b11-6+. The van der Waals surface area contributed by atoms with E-state index >= 15 is 0 Å². The fourth-order valence-corrected chi connectivity index (χ4v) is 5.00. The van der Waals surface area contributed by atoms with Crippen molar-refractivity contribution >= 4 is 37.9 Å². The molecular formula is C21H23BrN2O4S. The predicted molar refractivity (Wildman–Crippen MR) is 116 cm³/mol. The zero-order valence-electron chi connectivity index (χ0n) is 16.1. The van der Waals surface area contributed by atoms with Crippen LogP contribution in [0.15, 0.2) is 57.9 Å². The number of carbonyl (C=O) groups is 1. The van der Waals surface area contributed by atoms with Gasteiger partial charge in [-0.15, -0.1) is 0 Å². The molecule has 0 aromatic heterocycles. The van der Waals surface area contributed by atoms with Crippen LogP contribution in [0.25, 0.3) is 6.08 Å². The van der Waals surface area contributed by atoms with Crippen LogP contribution in [0.2, 0.25) is 0 Å². The molecule has 2 aromatic rings. The van der Waals surface area contributed by atoms with Crippen LogP contribution in [0.3, 0.4) is 0 Å². The summed E-state index contributed by atoms with van der Waals surface area (Å²) >= 11 is 3.40. The summed E-state index contributed by atoms with van der Waals surface area (Å²) in [7, 11) is -1.84. The maximum atomic E-state index is 12.5. The van der Waals surface area contributed by atoms with Crippen LogP contribution in [0.4, 0.5) is 0 Å².